The maximum atomic E-state index is 5.58. The van der Waals surface area contributed by atoms with Gasteiger partial charge in [-0.05, 0) is 45.0 Å². The summed E-state index contributed by atoms with van der Waals surface area (Å²) in [6, 6.07) is 7.70. The molecule has 22 heavy (non-hydrogen) atoms. The molecular formula is C16H18N4O2. The van der Waals surface area contributed by atoms with E-state index in [9.17, 15) is 0 Å². The number of nitrogens with zero attached hydrogens (tertiary/aromatic N) is 3. The summed E-state index contributed by atoms with van der Waals surface area (Å²) in [5, 5.41) is 4.34. The largest absolute Gasteiger partial charge is 0.486 e. The number of nitrogens with one attached hydrogen (secondary N) is 1. The van der Waals surface area contributed by atoms with Crippen molar-refractivity contribution in [2.75, 3.05) is 18.6 Å². The first kappa shape index (κ1) is 14.3. The number of hydrogen-bond donors (Lipinski definition) is 1. The van der Waals surface area contributed by atoms with E-state index in [4.69, 9.17) is 9.47 Å². The van der Waals surface area contributed by atoms with Crippen molar-refractivity contribution in [3.05, 3.63) is 41.2 Å². The molecule has 2 heterocycles. The highest BCUT2D eigenvalue weighted by molar-refractivity contribution is 5.99. The Kier molecular flexibility index (Phi) is 3.91. The Balaban J connectivity index is 1.79. The second kappa shape index (κ2) is 6.01. The maximum Gasteiger partial charge on any atom is 0.243 e. The minimum absolute atomic E-state index is 0.495. The molecule has 0 radical (unpaired) electrons. The van der Waals surface area contributed by atoms with Gasteiger partial charge in [-0.15, -0.1) is 0 Å². The number of ether oxygens (including phenoxy) is 2. The van der Waals surface area contributed by atoms with Crippen LogP contribution < -0.4 is 14.9 Å². The first-order chi connectivity index (χ1) is 10.6. The lowest BCUT2D eigenvalue weighted by atomic mass is 10.1. The SMILES string of the molecule is CC(=NNc1nc(C)cc(C)n1)c1ccc2c(c1)OCCO2. The lowest BCUT2D eigenvalue weighted by Crippen LogP contribution is -2.15. The van der Waals surface area contributed by atoms with Gasteiger partial charge in [0.1, 0.15) is 13.2 Å². The molecule has 1 N–H and O–H groups in total. The third-order valence-corrected chi connectivity index (χ3v) is 3.27. The summed E-state index contributed by atoms with van der Waals surface area (Å²) in [4.78, 5) is 8.59. The number of anilines is 1. The molecule has 1 aliphatic heterocycles. The molecule has 0 saturated carbocycles. The Morgan fingerprint density at radius 1 is 1.05 bits per heavy atom. The molecule has 1 aromatic carbocycles. The molecule has 1 aliphatic rings. The van der Waals surface area contributed by atoms with Crippen LogP contribution in [0.15, 0.2) is 29.4 Å². The van der Waals surface area contributed by atoms with Crippen molar-refractivity contribution in [1.29, 1.82) is 0 Å². The van der Waals surface area contributed by atoms with Crippen molar-refractivity contribution in [2.24, 2.45) is 5.10 Å². The predicted octanol–water partition coefficient (Wildman–Crippen LogP) is 2.70. The van der Waals surface area contributed by atoms with Crippen LogP contribution >= 0.6 is 0 Å². The van der Waals surface area contributed by atoms with E-state index in [0.29, 0.717) is 19.2 Å². The number of benzene rings is 1. The van der Waals surface area contributed by atoms with E-state index in [1.807, 2.05) is 45.0 Å². The fraction of sp³-hybridized carbons (Fsp3) is 0.312. The third-order valence-electron chi connectivity index (χ3n) is 3.27. The number of rotatable bonds is 3. The summed E-state index contributed by atoms with van der Waals surface area (Å²) in [5.74, 6) is 2.02. The standard InChI is InChI=1S/C16H18N4O2/c1-10-8-11(2)18-16(17-10)20-19-12(3)13-4-5-14-15(9-13)22-7-6-21-14/h4-5,8-9H,6-7H2,1-3H3,(H,17,18,20). The van der Waals surface area contributed by atoms with E-state index in [0.717, 1.165) is 34.2 Å². The van der Waals surface area contributed by atoms with Crippen molar-refractivity contribution in [1.82, 2.24) is 9.97 Å². The van der Waals surface area contributed by atoms with Crippen LogP contribution in [0.25, 0.3) is 0 Å². The molecule has 0 fully saturated rings. The van der Waals surface area contributed by atoms with Crippen LogP contribution in [0.3, 0.4) is 0 Å². The molecule has 6 heteroatoms. The minimum atomic E-state index is 0.495. The van der Waals surface area contributed by atoms with Gasteiger partial charge in [0, 0.05) is 17.0 Å². The molecule has 6 nitrogen and oxygen atoms in total. The second-order valence-electron chi connectivity index (χ2n) is 5.14. The number of aryl methyl sites for hydroxylation is 2. The van der Waals surface area contributed by atoms with E-state index in [1.165, 1.54) is 0 Å². The monoisotopic (exact) mass is 298 g/mol. The molecule has 1 aromatic heterocycles. The van der Waals surface area contributed by atoms with Crippen LogP contribution in [0, 0.1) is 13.8 Å². The highest BCUT2D eigenvalue weighted by Gasteiger charge is 2.12. The quantitative estimate of drug-likeness (QED) is 0.697. The first-order valence-electron chi connectivity index (χ1n) is 7.14. The highest BCUT2D eigenvalue weighted by Crippen LogP contribution is 2.30. The van der Waals surface area contributed by atoms with Gasteiger partial charge in [-0.25, -0.2) is 15.4 Å². The van der Waals surface area contributed by atoms with Gasteiger partial charge in [0.15, 0.2) is 11.5 Å². The Morgan fingerprint density at radius 3 is 2.45 bits per heavy atom. The normalized spacial score (nSPS) is 13.9. The molecule has 0 atom stereocenters. The lowest BCUT2D eigenvalue weighted by molar-refractivity contribution is 0.171. The van der Waals surface area contributed by atoms with Gasteiger partial charge < -0.3 is 9.47 Å². The fourth-order valence-electron chi connectivity index (χ4n) is 2.24. The van der Waals surface area contributed by atoms with Crippen LogP contribution in [0.5, 0.6) is 11.5 Å². The van der Waals surface area contributed by atoms with Gasteiger partial charge in [0.2, 0.25) is 5.95 Å². The van der Waals surface area contributed by atoms with E-state index >= 15 is 0 Å². The van der Waals surface area contributed by atoms with E-state index < -0.39 is 0 Å². The first-order valence-corrected chi connectivity index (χ1v) is 7.14. The molecule has 0 unspecified atom stereocenters. The van der Waals surface area contributed by atoms with Gasteiger partial charge in [-0.1, -0.05) is 0 Å². The van der Waals surface area contributed by atoms with Crippen molar-refractivity contribution >= 4 is 11.7 Å². The summed E-state index contributed by atoms with van der Waals surface area (Å²) in [6.07, 6.45) is 0. The topological polar surface area (TPSA) is 68.6 Å². The Hall–Kier alpha value is -2.63. The number of aromatic nitrogens is 2. The average molecular weight is 298 g/mol. The Labute approximate surface area is 129 Å². The highest BCUT2D eigenvalue weighted by atomic mass is 16.6. The van der Waals surface area contributed by atoms with E-state index in [-0.39, 0.29) is 0 Å². The van der Waals surface area contributed by atoms with Crippen LogP contribution in [0.4, 0.5) is 5.95 Å². The second-order valence-corrected chi connectivity index (χ2v) is 5.14. The van der Waals surface area contributed by atoms with Crippen molar-refractivity contribution in [3.63, 3.8) is 0 Å². The summed E-state index contributed by atoms with van der Waals surface area (Å²) in [7, 11) is 0. The molecule has 114 valence electrons. The molecule has 0 saturated heterocycles. The summed E-state index contributed by atoms with van der Waals surface area (Å²) >= 11 is 0. The van der Waals surface area contributed by atoms with Gasteiger partial charge in [0.25, 0.3) is 0 Å². The lowest BCUT2D eigenvalue weighted by Gasteiger charge is -2.18. The van der Waals surface area contributed by atoms with Gasteiger partial charge in [0.05, 0.1) is 5.71 Å². The minimum Gasteiger partial charge on any atom is -0.486 e. The van der Waals surface area contributed by atoms with E-state index in [1.54, 1.807) is 0 Å². The Morgan fingerprint density at radius 2 is 1.73 bits per heavy atom. The molecular weight excluding hydrogens is 280 g/mol. The van der Waals surface area contributed by atoms with Gasteiger partial charge >= 0.3 is 0 Å². The average Bonchev–Trinajstić information content (AvgIpc) is 2.51. The zero-order valence-corrected chi connectivity index (χ0v) is 12.9. The van der Waals surface area contributed by atoms with Crippen molar-refractivity contribution in [3.8, 4) is 11.5 Å². The molecule has 0 bridgehead atoms. The van der Waals surface area contributed by atoms with Crippen LogP contribution in [-0.2, 0) is 0 Å². The molecule has 0 spiro atoms. The summed E-state index contributed by atoms with van der Waals surface area (Å²) < 4.78 is 11.1. The zero-order chi connectivity index (χ0) is 15.5. The van der Waals surface area contributed by atoms with Crippen LogP contribution in [-0.4, -0.2) is 28.9 Å². The maximum absolute atomic E-state index is 5.58. The van der Waals surface area contributed by atoms with Crippen molar-refractivity contribution in [2.45, 2.75) is 20.8 Å². The number of hydrazone groups is 1. The molecule has 3 rings (SSSR count). The third kappa shape index (κ3) is 3.16. The fourth-order valence-corrected chi connectivity index (χ4v) is 2.24. The molecule has 0 aliphatic carbocycles. The summed E-state index contributed by atoms with van der Waals surface area (Å²) in [5.41, 5.74) is 6.49. The zero-order valence-electron chi connectivity index (χ0n) is 12.9. The predicted molar refractivity (Wildman–Crippen MR) is 84.8 cm³/mol. The smallest absolute Gasteiger partial charge is 0.243 e. The van der Waals surface area contributed by atoms with Gasteiger partial charge in [-0.3, -0.25) is 0 Å². The Bertz CT molecular complexity index is 708. The van der Waals surface area contributed by atoms with E-state index in [2.05, 4.69) is 20.5 Å². The molecule has 2 aromatic rings. The van der Waals surface area contributed by atoms with Crippen molar-refractivity contribution < 1.29 is 9.47 Å². The number of fused-ring (bicyclic) bond motifs is 1. The molecule has 0 amide bonds. The van der Waals surface area contributed by atoms with Crippen LogP contribution in [0.2, 0.25) is 0 Å². The summed E-state index contributed by atoms with van der Waals surface area (Å²) in [6.45, 7) is 6.93. The van der Waals surface area contributed by atoms with Crippen LogP contribution in [0.1, 0.15) is 23.9 Å². The van der Waals surface area contributed by atoms with Gasteiger partial charge in [-0.2, -0.15) is 5.10 Å². The number of hydrogen-bond acceptors (Lipinski definition) is 6.